The van der Waals surface area contributed by atoms with Gasteiger partial charge in [-0.15, -0.1) is 0 Å². The van der Waals surface area contributed by atoms with Crippen LogP contribution in [0.1, 0.15) is 19.3 Å². The molecule has 3 heteroatoms. The third-order valence-corrected chi connectivity index (χ3v) is 3.29. The third kappa shape index (κ3) is 2.44. The highest BCUT2D eigenvalue weighted by Gasteiger charge is 2.23. The maximum Gasteiger partial charge on any atom is 0.0407 e. The summed E-state index contributed by atoms with van der Waals surface area (Å²) in [6, 6.07) is 8.72. The van der Waals surface area contributed by atoms with Gasteiger partial charge in [-0.3, -0.25) is 0 Å². The van der Waals surface area contributed by atoms with Crippen molar-refractivity contribution in [2.24, 2.45) is 5.73 Å². The van der Waals surface area contributed by atoms with Gasteiger partial charge in [0.1, 0.15) is 0 Å². The molecule has 1 fully saturated rings. The van der Waals surface area contributed by atoms with Gasteiger partial charge in [-0.2, -0.15) is 0 Å². The van der Waals surface area contributed by atoms with E-state index in [4.69, 9.17) is 17.3 Å². The second kappa shape index (κ2) is 4.86. The number of nitrogens with two attached hydrogens (primary N) is 1. The first-order chi connectivity index (χ1) is 7.31. The minimum absolute atomic E-state index is 0.621. The molecule has 2 nitrogen and oxygen atoms in total. The first-order valence-electron chi connectivity index (χ1n) is 5.53. The van der Waals surface area contributed by atoms with Gasteiger partial charge in [0.05, 0.1) is 0 Å². The first-order valence-corrected chi connectivity index (χ1v) is 5.91. The van der Waals surface area contributed by atoms with Gasteiger partial charge in [0, 0.05) is 23.3 Å². The molecule has 1 aromatic carbocycles. The Balaban J connectivity index is 2.11. The molecule has 1 aliphatic heterocycles. The van der Waals surface area contributed by atoms with Crippen molar-refractivity contribution in [2.45, 2.75) is 25.3 Å². The largest absolute Gasteiger partial charge is 0.368 e. The third-order valence-electron chi connectivity index (χ3n) is 3.04. The predicted molar refractivity (Wildman–Crippen MR) is 65.5 cm³/mol. The molecule has 2 rings (SSSR count). The summed E-state index contributed by atoms with van der Waals surface area (Å²) in [6.45, 7) is 1.92. The van der Waals surface area contributed by atoms with Gasteiger partial charge in [0.15, 0.2) is 0 Å². The molecule has 1 heterocycles. The van der Waals surface area contributed by atoms with Crippen LogP contribution < -0.4 is 10.6 Å². The summed E-state index contributed by atoms with van der Waals surface area (Å²) in [4.78, 5) is 2.45. The molecule has 0 aliphatic carbocycles. The highest BCUT2D eigenvalue weighted by Crippen LogP contribution is 2.27. The number of hydrogen-bond acceptors (Lipinski definition) is 2. The average Bonchev–Trinajstić information content (AvgIpc) is 2.68. The second-order valence-corrected chi connectivity index (χ2v) is 4.48. The molecule has 0 bridgehead atoms. The minimum atomic E-state index is 0.621. The van der Waals surface area contributed by atoms with E-state index < -0.39 is 0 Å². The lowest BCUT2D eigenvalue weighted by Crippen LogP contribution is -2.30. The van der Waals surface area contributed by atoms with E-state index >= 15 is 0 Å². The zero-order valence-corrected chi connectivity index (χ0v) is 9.58. The van der Waals surface area contributed by atoms with E-state index in [0.717, 1.165) is 24.5 Å². The topological polar surface area (TPSA) is 29.3 Å². The standard InChI is InChI=1S/C12H17ClN2/c13-10-3-5-12(6-4-10)15-9-1-2-11(15)7-8-14/h3-6,11H,1-2,7-9,14H2. The number of rotatable bonds is 3. The number of halogens is 1. The zero-order valence-electron chi connectivity index (χ0n) is 8.82. The molecule has 0 radical (unpaired) electrons. The molecule has 1 aromatic rings. The van der Waals surface area contributed by atoms with E-state index in [1.54, 1.807) is 0 Å². The van der Waals surface area contributed by atoms with E-state index in [1.807, 2.05) is 12.1 Å². The molecule has 1 unspecified atom stereocenters. The highest BCUT2D eigenvalue weighted by molar-refractivity contribution is 6.30. The van der Waals surface area contributed by atoms with Crippen LogP contribution in [0.4, 0.5) is 5.69 Å². The fourth-order valence-electron chi connectivity index (χ4n) is 2.30. The Bertz CT molecular complexity index is 310. The van der Waals surface area contributed by atoms with E-state index in [1.165, 1.54) is 18.5 Å². The Morgan fingerprint density at radius 1 is 1.33 bits per heavy atom. The fourth-order valence-corrected chi connectivity index (χ4v) is 2.43. The van der Waals surface area contributed by atoms with Gasteiger partial charge in [-0.05, 0) is 50.1 Å². The molecule has 0 spiro atoms. The van der Waals surface area contributed by atoms with Crippen molar-refractivity contribution >= 4 is 17.3 Å². The molecule has 1 atom stereocenters. The van der Waals surface area contributed by atoms with Gasteiger partial charge in [-0.25, -0.2) is 0 Å². The Kier molecular flexibility index (Phi) is 3.49. The van der Waals surface area contributed by atoms with Crippen molar-refractivity contribution in [3.8, 4) is 0 Å². The van der Waals surface area contributed by atoms with E-state index in [9.17, 15) is 0 Å². The Morgan fingerprint density at radius 3 is 2.73 bits per heavy atom. The molecule has 1 aliphatic rings. The number of hydrogen-bond donors (Lipinski definition) is 1. The summed E-state index contributed by atoms with van der Waals surface area (Å²) in [6.07, 6.45) is 3.62. The molecule has 0 aromatic heterocycles. The van der Waals surface area contributed by atoms with Crippen molar-refractivity contribution in [1.29, 1.82) is 0 Å². The van der Waals surface area contributed by atoms with E-state index in [0.29, 0.717) is 6.04 Å². The molecule has 0 saturated carbocycles. The van der Waals surface area contributed by atoms with Crippen LogP contribution in [0.25, 0.3) is 0 Å². The van der Waals surface area contributed by atoms with Crippen LogP contribution in [0.15, 0.2) is 24.3 Å². The molecule has 2 N–H and O–H groups in total. The Hall–Kier alpha value is -0.730. The summed E-state index contributed by atoms with van der Waals surface area (Å²) in [5, 5.41) is 0.799. The van der Waals surface area contributed by atoms with Crippen LogP contribution in [-0.4, -0.2) is 19.1 Å². The lowest BCUT2D eigenvalue weighted by atomic mass is 10.1. The van der Waals surface area contributed by atoms with E-state index in [2.05, 4.69) is 17.0 Å². The second-order valence-electron chi connectivity index (χ2n) is 4.04. The van der Waals surface area contributed by atoms with Crippen molar-refractivity contribution in [3.05, 3.63) is 29.3 Å². The molecular formula is C12H17ClN2. The van der Waals surface area contributed by atoms with Crippen molar-refractivity contribution in [3.63, 3.8) is 0 Å². The van der Waals surface area contributed by atoms with Gasteiger partial charge < -0.3 is 10.6 Å². The maximum atomic E-state index is 5.88. The number of benzene rings is 1. The minimum Gasteiger partial charge on any atom is -0.368 e. The fraction of sp³-hybridized carbons (Fsp3) is 0.500. The molecule has 82 valence electrons. The highest BCUT2D eigenvalue weighted by atomic mass is 35.5. The van der Waals surface area contributed by atoms with Crippen molar-refractivity contribution in [2.75, 3.05) is 18.0 Å². The normalized spacial score (nSPS) is 20.9. The summed E-state index contributed by atoms with van der Waals surface area (Å²) in [5.74, 6) is 0. The molecule has 1 saturated heterocycles. The van der Waals surface area contributed by atoms with Gasteiger partial charge >= 0.3 is 0 Å². The summed E-state index contributed by atoms with van der Waals surface area (Å²) >= 11 is 5.88. The van der Waals surface area contributed by atoms with Crippen LogP contribution in [-0.2, 0) is 0 Å². The van der Waals surface area contributed by atoms with Crippen LogP contribution in [0.3, 0.4) is 0 Å². The molecule has 0 amide bonds. The quantitative estimate of drug-likeness (QED) is 0.856. The van der Waals surface area contributed by atoms with Crippen LogP contribution in [0.2, 0.25) is 5.02 Å². The molecule has 15 heavy (non-hydrogen) atoms. The van der Waals surface area contributed by atoms with Crippen LogP contribution in [0, 0.1) is 0 Å². The van der Waals surface area contributed by atoms with Gasteiger partial charge in [0.25, 0.3) is 0 Å². The van der Waals surface area contributed by atoms with Gasteiger partial charge in [-0.1, -0.05) is 11.6 Å². The van der Waals surface area contributed by atoms with Crippen LogP contribution >= 0.6 is 11.6 Å². The zero-order chi connectivity index (χ0) is 10.7. The number of nitrogens with zero attached hydrogens (tertiary/aromatic N) is 1. The average molecular weight is 225 g/mol. The molecular weight excluding hydrogens is 208 g/mol. The summed E-state index contributed by atoms with van der Waals surface area (Å²) in [5.41, 5.74) is 6.90. The number of anilines is 1. The lowest BCUT2D eigenvalue weighted by molar-refractivity contribution is 0.618. The summed E-state index contributed by atoms with van der Waals surface area (Å²) in [7, 11) is 0. The van der Waals surface area contributed by atoms with Crippen molar-refractivity contribution < 1.29 is 0 Å². The van der Waals surface area contributed by atoms with Gasteiger partial charge in [0.2, 0.25) is 0 Å². The van der Waals surface area contributed by atoms with Crippen molar-refractivity contribution in [1.82, 2.24) is 0 Å². The first kappa shape index (κ1) is 10.8. The summed E-state index contributed by atoms with van der Waals surface area (Å²) < 4.78 is 0. The Labute approximate surface area is 96.0 Å². The monoisotopic (exact) mass is 224 g/mol. The Morgan fingerprint density at radius 2 is 2.07 bits per heavy atom. The van der Waals surface area contributed by atoms with Crippen LogP contribution in [0.5, 0.6) is 0 Å². The smallest absolute Gasteiger partial charge is 0.0407 e. The van der Waals surface area contributed by atoms with E-state index in [-0.39, 0.29) is 0 Å². The SMILES string of the molecule is NCCC1CCCN1c1ccc(Cl)cc1. The predicted octanol–water partition coefficient (Wildman–Crippen LogP) is 2.66. The maximum absolute atomic E-state index is 5.88. The lowest BCUT2D eigenvalue weighted by Gasteiger charge is -2.26.